The van der Waals surface area contributed by atoms with E-state index < -0.39 is 5.66 Å². The minimum Gasteiger partial charge on any atom is -0.362 e. The molecule has 6 heteroatoms. The van der Waals surface area contributed by atoms with Gasteiger partial charge < -0.3 is 16.0 Å². The molecule has 31 heavy (non-hydrogen) atoms. The van der Waals surface area contributed by atoms with Crippen LogP contribution in [0.2, 0.25) is 0 Å². The number of carbonyl (C=O) groups excluding carboxylic acids is 2. The molecule has 168 valence electrons. The van der Waals surface area contributed by atoms with E-state index in [4.69, 9.17) is 0 Å². The van der Waals surface area contributed by atoms with Gasteiger partial charge in [-0.05, 0) is 69.5 Å². The Balaban J connectivity index is 1.25. The highest BCUT2D eigenvalue weighted by atomic mass is 16.2. The highest BCUT2D eigenvalue weighted by molar-refractivity contribution is 6.02. The Morgan fingerprint density at radius 2 is 2.06 bits per heavy atom. The summed E-state index contributed by atoms with van der Waals surface area (Å²) in [6, 6.07) is 8.36. The van der Waals surface area contributed by atoms with Gasteiger partial charge in [-0.2, -0.15) is 0 Å². The minimum absolute atomic E-state index is 0.00199. The number of piperidine rings is 1. The molecule has 2 aliphatic heterocycles. The highest BCUT2D eigenvalue weighted by Crippen LogP contribution is 2.58. The van der Waals surface area contributed by atoms with E-state index in [1.54, 1.807) is 0 Å². The molecule has 0 aromatic heterocycles. The largest absolute Gasteiger partial charge is 0.362 e. The zero-order chi connectivity index (χ0) is 21.6. The normalized spacial score (nSPS) is 37.1. The number of para-hydroxylation sites is 1. The second-order valence-corrected chi connectivity index (χ2v) is 10.6. The number of carbonyl (C=O) groups is 2. The standard InChI is InChI=1S/C25H36N4O2/c1-17-7-5-6-13-29(17)14-12-26-23(31)20-15-18-10-11-24(20,2)16-25(18)27-21-9-4-3-8-19(21)22(30)28-25/h3-4,8-9,17-18,20,27H,5-7,10-16H2,1-2H3,(H,26,31)(H,28,30)/t17-,18-,20-,24+,25-/m1/s1. The van der Waals surface area contributed by atoms with Crippen molar-refractivity contribution in [2.24, 2.45) is 17.3 Å². The van der Waals surface area contributed by atoms with Crippen LogP contribution in [-0.4, -0.2) is 48.1 Å². The Kier molecular flexibility index (Phi) is 5.24. The zero-order valence-corrected chi connectivity index (χ0v) is 18.9. The molecule has 6 nitrogen and oxygen atoms in total. The van der Waals surface area contributed by atoms with Crippen LogP contribution in [0.5, 0.6) is 0 Å². The molecule has 0 unspecified atom stereocenters. The molecule has 3 saturated carbocycles. The molecule has 4 fully saturated rings. The van der Waals surface area contributed by atoms with Crippen molar-refractivity contribution in [2.45, 2.75) is 70.5 Å². The molecule has 5 atom stereocenters. The maximum Gasteiger partial charge on any atom is 0.255 e. The molecular formula is C25H36N4O2. The first-order chi connectivity index (χ1) is 14.9. The molecule has 2 amide bonds. The van der Waals surface area contributed by atoms with E-state index in [0.29, 0.717) is 11.6 Å². The highest BCUT2D eigenvalue weighted by Gasteiger charge is 2.60. The third-order valence-corrected chi connectivity index (χ3v) is 8.63. The molecule has 5 aliphatic rings. The molecule has 2 bridgehead atoms. The summed E-state index contributed by atoms with van der Waals surface area (Å²) in [5.74, 6) is 0.493. The van der Waals surface area contributed by atoms with Crippen LogP contribution < -0.4 is 16.0 Å². The Morgan fingerprint density at radius 1 is 1.23 bits per heavy atom. The molecule has 3 N–H and O–H groups in total. The van der Waals surface area contributed by atoms with Crippen molar-refractivity contribution in [3.63, 3.8) is 0 Å². The number of amides is 2. The number of nitrogens with zero attached hydrogens (tertiary/aromatic N) is 1. The predicted octanol–water partition coefficient (Wildman–Crippen LogP) is 3.36. The number of nitrogens with one attached hydrogen (secondary N) is 3. The van der Waals surface area contributed by atoms with Gasteiger partial charge in [0.05, 0.1) is 5.56 Å². The van der Waals surface area contributed by atoms with Crippen molar-refractivity contribution < 1.29 is 9.59 Å². The molecular weight excluding hydrogens is 388 g/mol. The van der Waals surface area contributed by atoms with Crippen molar-refractivity contribution in [2.75, 3.05) is 25.0 Å². The Labute approximate surface area is 185 Å². The molecule has 0 radical (unpaired) electrons. The number of anilines is 1. The maximum atomic E-state index is 13.2. The van der Waals surface area contributed by atoms with Crippen LogP contribution in [0.25, 0.3) is 0 Å². The second-order valence-electron chi connectivity index (χ2n) is 10.6. The number of hydrogen-bond donors (Lipinski definition) is 3. The van der Waals surface area contributed by atoms with Gasteiger partial charge in [0.25, 0.3) is 5.91 Å². The Morgan fingerprint density at radius 3 is 2.87 bits per heavy atom. The van der Waals surface area contributed by atoms with Crippen LogP contribution in [0.4, 0.5) is 5.69 Å². The lowest BCUT2D eigenvalue weighted by Gasteiger charge is -2.60. The van der Waals surface area contributed by atoms with E-state index in [-0.39, 0.29) is 29.1 Å². The summed E-state index contributed by atoms with van der Waals surface area (Å²) < 4.78 is 0. The van der Waals surface area contributed by atoms with Crippen molar-refractivity contribution in [1.82, 2.24) is 15.5 Å². The topological polar surface area (TPSA) is 73.5 Å². The predicted molar refractivity (Wildman–Crippen MR) is 122 cm³/mol. The van der Waals surface area contributed by atoms with Gasteiger partial charge >= 0.3 is 0 Å². The van der Waals surface area contributed by atoms with Gasteiger partial charge in [-0.1, -0.05) is 25.5 Å². The SMILES string of the molecule is C[C@@H]1CCCCN1CCNC(=O)[C@H]1C[C@H]2CC[C@@]1(C)C[C@@]21NC(=O)c2ccccc2N1. The van der Waals surface area contributed by atoms with Gasteiger partial charge in [-0.15, -0.1) is 0 Å². The van der Waals surface area contributed by atoms with E-state index in [2.05, 4.69) is 34.7 Å². The van der Waals surface area contributed by atoms with E-state index in [9.17, 15) is 9.59 Å². The van der Waals surface area contributed by atoms with E-state index in [0.717, 1.165) is 51.0 Å². The van der Waals surface area contributed by atoms with Crippen LogP contribution in [0.15, 0.2) is 24.3 Å². The lowest BCUT2D eigenvalue weighted by Crippen LogP contribution is -2.70. The number of rotatable bonds is 4. The van der Waals surface area contributed by atoms with Crippen LogP contribution in [0.3, 0.4) is 0 Å². The van der Waals surface area contributed by atoms with E-state index in [1.165, 1.54) is 19.3 Å². The summed E-state index contributed by atoms with van der Waals surface area (Å²) in [6.07, 6.45) is 7.57. The first-order valence-electron chi connectivity index (χ1n) is 12.1. The first-order valence-corrected chi connectivity index (χ1v) is 12.1. The summed E-state index contributed by atoms with van der Waals surface area (Å²) >= 11 is 0. The summed E-state index contributed by atoms with van der Waals surface area (Å²) in [5.41, 5.74) is 1.09. The van der Waals surface area contributed by atoms with Gasteiger partial charge in [-0.3, -0.25) is 14.5 Å². The summed E-state index contributed by atoms with van der Waals surface area (Å²) in [6.45, 7) is 7.36. The fourth-order valence-corrected chi connectivity index (χ4v) is 6.79. The fourth-order valence-electron chi connectivity index (χ4n) is 6.79. The van der Waals surface area contributed by atoms with E-state index >= 15 is 0 Å². The van der Waals surface area contributed by atoms with Gasteiger partial charge in [0.1, 0.15) is 5.66 Å². The van der Waals surface area contributed by atoms with Crippen LogP contribution >= 0.6 is 0 Å². The number of benzene rings is 1. The van der Waals surface area contributed by atoms with Crippen molar-refractivity contribution in [3.05, 3.63) is 29.8 Å². The third kappa shape index (κ3) is 3.63. The molecule has 2 heterocycles. The zero-order valence-electron chi connectivity index (χ0n) is 18.9. The van der Waals surface area contributed by atoms with Crippen LogP contribution in [0, 0.1) is 17.3 Å². The van der Waals surface area contributed by atoms with Gasteiger partial charge in [0, 0.05) is 36.7 Å². The molecule has 6 rings (SSSR count). The van der Waals surface area contributed by atoms with Crippen molar-refractivity contribution in [1.29, 1.82) is 0 Å². The second kappa shape index (κ2) is 7.80. The fraction of sp³-hybridized carbons (Fsp3) is 0.680. The average Bonchev–Trinajstić information content (AvgIpc) is 2.74. The van der Waals surface area contributed by atoms with E-state index in [1.807, 2.05) is 24.3 Å². The summed E-state index contributed by atoms with van der Waals surface area (Å²) in [4.78, 5) is 28.6. The van der Waals surface area contributed by atoms with Gasteiger partial charge in [0.15, 0.2) is 0 Å². The van der Waals surface area contributed by atoms with Crippen molar-refractivity contribution >= 4 is 17.5 Å². The smallest absolute Gasteiger partial charge is 0.255 e. The molecule has 1 aromatic rings. The maximum absolute atomic E-state index is 13.2. The Bertz CT molecular complexity index is 873. The minimum atomic E-state index is -0.432. The third-order valence-electron chi connectivity index (χ3n) is 8.63. The molecule has 1 saturated heterocycles. The first kappa shape index (κ1) is 20.8. The molecule has 1 aromatic carbocycles. The Hall–Kier alpha value is -2.08. The summed E-state index contributed by atoms with van der Waals surface area (Å²) in [5, 5.41) is 10.2. The lowest BCUT2D eigenvalue weighted by molar-refractivity contribution is -0.139. The number of likely N-dealkylation sites (tertiary alicyclic amines) is 1. The van der Waals surface area contributed by atoms with Gasteiger partial charge in [0.2, 0.25) is 5.91 Å². The average molecular weight is 425 g/mol. The van der Waals surface area contributed by atoms with Crippen LogP contribution in [0.1, 0.15) is 69.2 Å². The van der Waals surface area contributed by atoms with Gasteiger partial charge in [-0.25, -0.2) is 0 Å². The molecule has 1 spiro atoms. The lowest BCUT2D eigenvalue weighted by atomic mass is 9.51. The monoisotopic (exact) mass is 424 g/mol. The molecule has 3 aliphatic carbocycles. The quantitative estimate of drug-likeness (QED) is 0.693. The van der Waals surface area contributed by atoms with Crippen LogP contribution in [-0.2, 0) is 4.79 Å². The summed E-state index contributed by atoms with van der Waals surface area (Å²) in [7, 11) is 0. The number of hydrogen-bond acceptors (Lipinski definition) is 4. The van der Waals surface area contributed by atoms with Crippen molar-refractivity contribution in [3.8, 4) is 0 Å². The number of fused-ring (bicyclic) bond motifs is 3.